The van der Waals surface area contributed by atoms with Crippen molar-refractivity contribution in [3.8, 4) is 0 Å². The van der Waals surface area contributed by atoms with Crippen molar-refractivity contribution in [1.29, 1.82) is 0 Å². The van der Waals surface area contributed by atoms with Crippen LogP contribution in [0, 0.1) is 0 Å². The Bertz CT molecular complexity index is 746. The normalized spacial score (nSPS) is 23.2. The third-order valence-electron chi connectivity index (χ3n) is 6.23. The number of nitrogens with zero attached hydrogens (tertiary/aromatic N) is 3. The molecule has 2 aliphatic rings. The number of hydrogen-bond acceptors (Lipinski definition) is 4. The predicted molar refractivity (Wildman–Crippen MR) is 112 cm³/mol. The van der Waals surface area contributed by atoms with E-state index in [1.807, 2.05) is 13.0 Å². The molecule has 1 aromatic heterocycles. The summed E-state index contributed by atoms with van der Waals surface area (Å²) < 4.78 is 6.91. The molecule has 2 amide bonds. The number of aromatic nitrogens is 2. The Morgan fingerprint density at radius 1 is 1.31 bits per heavy atom. The van der Waals surface area contributed by atoms with Gasteiger partial charge in [-0.05, 0) is 32.3 Å². The van der Waals surface area contributed by atoms with Crippen LogP contribution in [-0.4, -0.2) is 58.3 Å². The first-order valence-electron chi connectivity index (χ1n) is 10.9. The number of fused-ring (bicyclic) bond motifs is 1. The van der Waals surface area contributed by atoms with Crippen molar-refractivity contribution >= 4 is 11.8 Å². The first-order valence-corrected chi connectivity index (χ1v) is 10.9. The van der Waals surface area contributed by atoms with Gasteiger partial charge >= 0.3 is 0 Å². The summed E-state index contributed by atoms with van der Waals surface area (Å²) in [6.07, 6.45) is 6.25. The number of hydrogen-bond donors (Lipinski definition) is 1. The largest absolute Gasteiger partial charge is 0.385 e. The maximum Gasteiger partial charge on any atom is 0.273 e. The Kier molecular flexibility index (Phi) is 6.36. The molecule has 0 saturated heterocycles. The van der Waals surface area contributed by atoms with E-state index in [4.69, 9.17) is 9.84 Å². The quantitative estimate of drug-likeness (QED) is 0.740. The van der Waals surface area contributed by atoms with Gasteiger partial charge in [-0.2, -0.15) is 5.10 Å². The highest BCUT2D eigenvalue weighted by Gasteiger charge is 2.48. The fraction of sp³-hybridized carbons (Fsp3) is 0.773. The van der Waals surface area contributed by atoms with Crippen LogP contribution in [0.25, 0.3) is 0 Å². The van der Waals surface area contributed by atoms with Crippen LogP contribution in [0.5, 0.6) is 0 Å². The average Bonchev–Trinajstić information content (AvgIpc) is 3.09. The maximum absolute atomic E-state index is 13.4. The average molecular weight is 405 g/mol. The van der Waals surface area contributed by atoms with E-state index in [0.29, 0.717) is 31.8 Å². The highest BCUT2D eigenvalue weighted by Crippen LogP contribution is 2.31. The number of carbonyl (C=O) groups excluding carboxylic acids is 2. The van der Waals surface area contributed by atoms with E-state index in [1.165, 1.54) is 6.42 Å². The molecule has 162 valence electrons. The molecule has 0 aromatic carbocycles. The van der Waals surface area contributed by atoms with Gasteiger partial charge in [-0.25, -0.2) is 0 Å². The monoisotopic (exact) mass is 404 g/mol. The fourth-order valence-corrected chi connectivity index (χ4v) is 4.31. The Hall–Kier alpha value is -1.89. The van der Waals surface area contributed by atoms with Gasteiger partial charge in [0.1, 0.15) is 11.2 Å². The number of carbonyl (C=O) groups is 2. The van der Waals surface area contributed by atoms with E-state index in [0.717, 1.165) is 31.4 Å². The SMILES string of the molecule is COCCCN1C(=O)c2cc(C(C)(C)C)nn2CC1(C)C(=O)NC1CCCCC1. The molecule has 1 fully saturated rings. The highest BCUT2D eigenvalue weighted by molar-refractivity contribution is 5.99. The molecule has 7 heteroatoms. The second kappa shape index (κ2) is 8.46. The molecule has 0 spiro atoms. The third kappa shape index (κ3) is 4.49. The van der Waals surface area contributed by atoms with Crippen molar-refractivity contribution in [2.24, 2.45) is 0 Å². The molecular formula is C22H36N4O3. The molecule has 1 aliphatic heterocycles. The second-order valence-corrected chi connectivity index (χ2v) is 9.71. The maximum atomic E-state index is 13.4. The Morgan fingerprint density at radius 3 is 2.62 bits per heavy atom. The van der Waals surface area contributed by atoms with Crippen LogP contribution in [0.3, 0.4) is 0 Å². The summed E-state index contributed by atoms with van der Waals surface area (Å²) in [5.74, 6) is -0.203. The smallest absolute Gasteiger partial charge is 0.273 e. The Morgan fingerprint density at radius 2 is 2.00 bits per heavy atom. The summed E-state index contributed by atoms with van der Waals surface area (Å²) in [4.78, 5) is 28.6. The van der Waals surface area contributed by atoms with Gasteiger partial charge in [0.05, 0.1) is 12.2 Å². The topological polar surface area (TPSA) is 76.5 Å². The number of rotatable bonds is 6. The lowest BCUT2D eigenvalue weighted by atomic mass is 9.90. The van der Waals surface area contributed by atoms with Gasteiger partial charge < -0.3 is 15.0 Å². The standard InChI is InChI=1S/C22H36N4O3/c1-21(2,3)18-14-17-19(27)25(12-9-13-29-5)22(4,15-26(17)24-18)20(28)23-16-10-7-6-8-11-16/h14,16H,6-13,15H2,1-5H3,(H,23,28). The van der Waals surface area contributed by atoms with Crippen molar-refractivity contribution in [2.75, 3.05) is 20.3 Å². The molecule has 1 aromatic rings. The zero-order valence-corrected chi connectivity index (χ0v) is 18.6. The lowest BCUT2D eigenvalue weighted by Gasteiger charge is -2.44. The van der Waals surface area contributed by atoms with Gasteiger partial charge in [0, 0.05) is 31.7 Å². The molecule has 7 nitrogen and oxygen atoms in total. The minimum absolute atomic E-state index is 0.0753. The summed E-state index contributed by atoms with van der Waals surface area (Å²) in [5, 5.41) is 7.93. The van der Waals surface area contributed by atoms with Gasteiger partial charge in [0.2, 0.25) is 5.91 Å². The van der Waals surface area contributed by atoms with Crippen LogP contribution in [0.1, 0.15) is 82.4 Å². The van der Waals surface area contributed by atoms with Crippen LogP contribution in [0.15, 0.2) is 6.07 Å². The van der Waals surface area contributed by atoms with Gasteiger partial charge in [-0.1, -0.05) is 40.0 Å². The predicted octanol–water partition coefficient (Wildman–Crippen LogP) is 2.88. The zero-order chi connectivity index (χ0) is 21.2. The highest BCUT2D eigenvalue weighted by atomic mass is 16.5. The summed E-state index contributed by atoms with van der Waals surface area (Å²) in [6, 6.07) is 2.08. The molecule has 1 aliphatic carbocycles. The summed E-state index contributed by atoms with van der Waals surface area (Å²) in [7, 11) is 1.65. The summed E-state index contributed by atoms with van der Waals surface area (Å²) in [5.41, 5.74) is 0.313. The van der Waals surface area contributed by atoms with Crippen molar-refractivity contribution in [2.45, 2.75) is 89.8 Å². The fourth-order valence-electron chi connectivity index (χ4n) is 4.31. The van der Waals surface area contributed by atoms with Crippen LogP contribution >= 0.6 is 0 Å². The molecule has 2 heterocycles. The van der Waals surface area contributed by atoms with Crippen LogP contribution in [0.4, 0.5) is 0 Å². The molecular weight excluding hydrogens is 368 g/mol. The van der Waals surface area contributed by atoms with Gasteiger partial charge in [0.15, 0.2) is 0 Å². The van der Waals surface area contributed by atoms with Gasteiger partial charge in [-0.15, -0.1) is 0 Å². The molecule has 1 atom stereocenters. The summed E-state index contributed by atoms with van der Waals surface area (Å²) >= 11 is 0. The second-order valence-electron chi connectivity index (χ2n) is 9.71. The Labute approximate surface area is 174 Å². The molecule has 0 bridgehead atoms. The van der Waals surface area contributed by atoms with Crippen molar-refractivity contribution in [3.63, 3.8) is 0 Å². The number of ether oxygens (including phenoxy) is 1. The molecule has 0 radical (unpaired) electrons. The van der Waals surface area contributed by atoms with E-state index in [2.05, 4.69) is 26.1 Å². The van der Waals surface area contributed by atoms with E-state index >= 15 is 0 Å². The lowest BCUT2D eigenvalue weighted by molar-refractivity contribution is -0.134. The van der Waals surface area contributed by atoms with Crippen molar-refractivity contribution in [1.82, 2.24) is 20.0 Å². The van der Waals surface area contributed by atoms with E-state index in [-0.39, 0.29) is 23.3 Å². The molecule has 1 N–H and O–H groups in total. The van der Waals surface area contributed by atoms with Gasteiger partial charge in [-0.3, -0.25) is 14.3 Å². The molecule has 1 unspecified atom stereocenters. The molecule has 29 heavy (non-hydrogen) atoms. The number of amides is 2. The summed E-state index contributed by atoms with van der Waals surface area (Å²) in [6.45, 7) is 9.52. The number of nitrogens with one attached hydrogen (secondary N) is 1. The van der Waals surface area contributed by atoms with Gasteiger partial charge in [0.25, 0.3) is 5.91 Å². The van der Waals surface area contributed by atoms with E-state index in [9.17, 15) is 9.59 Å². The first kappa shape index (κ1) is 21.8. The van der Waals surface area contributed by atoms with Crippen LogP contribution in [0.2, 0.25) is 0 Å². The third-order valence-corrected chi connectivity index (χ3v) is 6.23. The lowest BCUT2D eigenvalue weighted by Crippen LogP contribution is -2.65. The van der Waals surface area contributed by atoms with Crippen molar-refractivity contribution in [3.05, 3.63) is 17.5 Å². The van der Waals surface area contributed by atoms with E-state index in [1.54, 1.807) is 16.7 Å². The van der Waals surface area contributed by atoms with Crippen LogP contribution < -0.4 is 5.32 Å². The van der Waals surface area contributed by atoms with Crippen LogP contribution in [-0.2, 0) is 21.5 Å². The number of methoxy groups -OCH3 is 1. The minimum Gasteiger partial charge on any atom is -0.385 e. The first-order chi connectivity index (χ1) is 13.7. The van der Waals surface area contributed by atoms with E-state index < -0.39 is 5.54 Å². The Balaban J connectivity index is 1.90. The molecule has 1 saturated carbocycles. The zero-order valence-electron chi connectivity index (χ0n) is 18.6. The minimum atomic E-state index is -0.962. The molecule has 3 rings (SSSR count). The van der Waals surface area contributed by atoms with Crippen molar-refractivity contribution < 1.29 is 14.3 Å².